The Morgan fingerprint density at radius 2 is 1.88 bits per heavy atom. The van der Waals surface area contributed by atoms with Gasteiger partial charge in [-0.3, -0.25) is 4.79 Å². The van der Waals surface area contributed by atoms with Gasteiger partial charge in [-0.25, -0.2) is 4.99 Å². The Labute approximate surface area is 204 Å². The van der Waals surface area contributed by atoms with E-state index in [1.165, 1.54) is 30.2 Å². The first-order valence-electron chi connectivity index (χ1n) is 10.5. The summed E-state index contributed by atoms with van der Waals surface area (Å²) in [5.41, 5.74) is 0.433. The van der Waals surface area contributed by atoms with Crippen molar-refractivity contribution in [3.63, 3.8) is 0 Å². The van der Waals surface area contributed by atoms with Crippen LogP contribution >= 0.6 is 24.0 Å². The number of nitrogens with zero attached hydrogens (tertiary/aromatic N) is 2. The van der Waals surface area contributed by atoms with Gasteiger partial charge in [0.05, 0.1) is 13.1 Å². The summed E-state index contributed by atoms with van der Waals surface area (Å²) in [6.45, 7) is -2.06. The molecule has 1 aliphatic heterocycles. The molecule has 0 unspecified atom stereocenters. The first kappa shape index (κ1) is 26.2. The van der Waals surface area contributed by atoms with Gasteiger partial charge in [0, 0.05) is 32.3 Å². The molecule has 32 heavy (non-hydrogen) atoms. The van der Waals surface area contributed by atoms with Crippen molar-refractivity contribution in [1.29, 1.82) is 0 Å². The van der Waals surface area contributed by atoms with Crippen LogP contribution in [0.1, 0.15) is 37.7 Å². The minimum absolute atomic E-state index is 0. The van der Waals surface area contributed by atoms with Gasteiger partial charge in [-0.15, -0.1) is 24.0 Å². The molecule has 0 spiro atoms. The van der Waals surface area contributed by atoms with Gasteiger partial charge in [-0.1, -0.05) is 19.3 Å². The lowest BCUT2D eigenvalue weighted by Crippen LogP contribution is -2.44. The molecule has 1 amide bonds. The number of benzene rings is 1. The maximum atomic E-state index is 12.9. The van der Waals surface area contributed by atoms with Crippen LogP contribution in [-0.2, 0) is 11.3 Å². The number of nitrogens with one attached hydrogen (secondary N) is 2. The molecule has 3 rings (SSSR count). The standard InChI is InChI=1S/C21H30F2N4O4.HI/c1-27(2)19(28)12-26-21(24-10-14-6-4-3-5-7-14)25-11-15-8-17-18(30-13-29-17)9-16(15)31-20(22)23;/h8-9,14,20H,3-7,10-13H2,1-2H3,(H2,24,25,26);1H. The van der Waals surface area contributed by atoms with Crippen molar-refractivity contribution in [3.05, 3.63) is 17.7 Å². The van der Waals surface area contributed by atoms with E-state index < -0.39 is 6.61 Å². The molecule has 8 nitrogen and oxygen atoms in total. The van der Waals surface area contributed by atoms with Crippen LogP contribution in [0.2, 0.25) is 0 Å². The average molecular weight is 568 g/mol. The number of aliphatic imine (C=N–C) groups is 1. The molecule has 0 aromatic heterocycles. The van der Waals surface area contributed by atoms with E-state index in [9.17, 15) is 13.6 Å². The second-order valence-corrected chi connectivity index (χ2v) is 7.88. The van der Waals surface area contributed by atoms with Gasteiger partial charge in [-0.05, 0) is 24.8 Å². The molecule has 2 N–H and O–H groups in total. The van der Waals surface area contributed by atoms with Gasteiger partial charge in [0.1, 0.15) is 5.75 Å². The fraction of sp³-hybridized carbons (Fsp3) is 0.619. The molecule has 0 atom stereocenters. The molecule has 0 radical (unpaired) electrons. The van der Waals surface area contributed by atoms with Crippen molar-refractivity contribution in [2.24, 2.45) is 10.9 Å². The Morgan fingerprint density at radius 1 is 1.19 bits per heavy atom. The minimum Gasteiger partial charge on any atom is -0.454 e. The molecule has 180 valence electrons. The number of hydrogen-bond donors (Lipinski definition) is 2. The Bertz CT molecular complexity index is 789. The molecular formula is C21H31F2IN4O4. The first-order valence-corrected chi connectivity index (χ1v) is 10.5. The fourth-order valence-electron chi connectivity index (χ4n) is 3.58. The molecule has 11 heteroatoms. The Morgan fingerprint density at radius 3 is 2.53 bits per heavy atom. The van der Waals surface area contributed by atoms with E-state index in [2.05, 4.69) is 20.4 Å². The van der Waals surface area contributed by atoms with E-state index in [0.717, 1.165) is 19.4 Å². The van der Waals surface area contributed by atoms with E-state index in [1.54, 1.807) is 20.2 Å². The highest BCUT2D eigenvalue weighted by Gasteiger charge is 2.20. The van der Waals surface area contributed by atoms with Crippen LogP contribution in [0.5, 0.6) is 17.2 Å². The number of ether oxygens (including phenoxy) is 3. The second-order valence-electron chi connectivity index (χ2n) is 7.88. The van der Waals surface area contributed by atoms with Crippen molar-refractivity contribution < 1.29 is 27.8 Å². The van der Waals surface area contributed by atoms with Crippen molar-refractivity contribution >= 4 is 35.8 Å². The number of carbonyl (C=O) groups excluding carboxylic acids is 1. The Hall–Kier alpha value is -2.05. The van der Waals surface area contributed by atoms with Crippen molar-refractivity contribution in [2.75, 3.05) is 34.0 Å². The second kappa shape index (κ2) is 12.9. The van der Waals surface area contributed by atoms with Gasteiger partial charge in [0.2, 0.25) is 12.7 Å². The van der Waals surface area contributed by atoms with Crippen molar-refractivity contribution in [3.8, 4) is 17.2 Å². The van der Waals surface area contributed by atoms with Gasteiger partial charge >= 0.3 is 6.61 Å². The largest absolute Gasteiger partial charge is 0.454 e. The van der Waals surface area contributed by atoms with Gasteiger partial charge in [0.25, 0.3) is 0 Å². The maximum absolute atomic E-state index is 12.9. The third kappa shape index (κ3) is 7.82. The van der Waals surface area contributed by atoms with E-state index in [0.29, 0.717) is 28.9 Å². The van der Waals surface area contributed by atoms with E-state index in [1.807, 2.05) is 0 Å². The van der Waals surface area contributed by atoms with Crippen LogP contribution in [0.15, 0.2) is 17.1 Å². The summed E-state index contributed by atoms with van der Waals surface area (Å²) < 4.78 is 41.0. The monoisotopic (exact) mass is 568 g/mol. The first-order chi connectivity index (χ1) is 14.9. The highest BCUT2D eigenvalue weighted by molar-refractivity contribution is 14.0. The third-order valence-corrected chi connectivity index (χ3v) is 5.37. The predicted octanol–water partition coefficient (Wildman–Crippen LogP) is 3.34. The zero-order valence-corrected chi connectivity index (χ0v) is 20.7. The summed E-state index contributed by atoms with van der Waals surface area (Å²) >= 11 is 0. The quantitative estimate of drug-likeness (QED) is 0.285. The van der Waals surface area contributed by atoms with Crippen LogP contribution in [-0.4, -0.2) is 57.4 Å². The SMILES string of the molecule is CN(C)C(=O)CNC(=NCc1cc2c(cc1OC(F)F)OCO2)NCC1CCCCC1.I. The number of carbonyl (C=O) groups is 1. The lowest BCUT2D eigenvalue weighted by atomic mass is 9.89. The normalized spacial score (nSPS) is 15.8. The number of amides is 1. The maximum Gasteiger partial charge on any atom is 0.387 e. The Balaban J connectivity index is 0.00000363. The number of hydrogen-bond acceptors (Lipinski definition) is 5. The molecule has 1 aliphatic carbocycles. The van der Waals surface area contributed by atoms with E-state index >= 15 is 0 Å². The van der Waals surface area contributed by atoms with Crippen LogP contribution in [0.25, 0.3) is 0 Å². The van der Waals surface area contributed by atoms with Gasteiger partial charge < -0.3 is 29.7 Å². The van der Waals surface area contributed by atoms with E-state index in [4.69, 9.17) is 9.47 Å². The summed E-state index contributed by atoms with van der Waals surface area (Å²) in [6.07, 6.45) is 6.02. The fourth-order valence-corrected chi connectivity index (χ4v) is 3.58. The zero-order chi connectivity index (χ0) is 22.2. The zero-order valence-electron chi connectivity index (χ0n) is 18.4. The highest BCUT2D eigenvalue weighted by Crippen LogP contribution is 2.39. The van der Waals surface area contributed by atoms with E-state index in [-0.39, 0.29) is 55.5 Å². The van der Waals surface area contributed by atoms with Crippen molar-refractivity contribution in [2.45, 2.75) is 45.3 Å². The predicted molar refractivity (Wildman–Crippen MR) is 127 cm³/mol. The lowest BCUT2D eigenvalue weighted by molar-refractivity contribution is -0.127. The van der Waals surface area contributed by atoms with Gasteiger partial charge in [-0.2, -0.15) is 8.78 Å². The minimum atomic E-state index is -2.97. The lowest BCUT2D eigenvalue weighted by Gasteiger charge is -2.23. The summed E-state index contributed by atoms with van der Waals surface area (Å²) in [7, 11) is 3.35. The Kier molecular flexibility index (Phi) is 10.5. The molecule has 0 saturated heterocycles. The number of alkyl halides is 2. The summed E-state index contributed by atoms with van der Waals surface area (Å²) in [5, 5.41) is 6.32. The van der Waals surface area contributed by atoms with Crippen LogP contribution in [0.3, 0.4) is 0 Å². The molecule has 1 aromatic carbocycles. The average Bonchev–Trinajstić information content (AvgIpc) is 3.20. The van der Waals surface area contributed by atoms with Crippen LogP contribution < -0.4 is 24.8 Å². The third-order valence-electron chi connectivity index (χ3n) is 5.37. The molecular weight excluding hydrogens is 537 g/mol. The summed E-state index contributed by atoms with van der Waals surface area (Å²) in [4.78, 5) is 18.0. The molecule has 1 fully saturated rings. The number of rotatable bonds is 8. The molecule has 1 saturated carbocycles. The molecule has 2 aliphatic rings. The van der Waals surface area contributed by atoms with Crippen molar-refractivity contribution in [1.82, 2.24) is 15.5 Å². The van der Waals surface area contributed by atoms with Crippen LogP contribution in [0, 0.1) is 5.92 Å². The topological polar surface area (TPSA) is 84.4 Å². The molecule has 0 bridgehead atoms. The number of guanidine groups is 1. The number of likely N-dealkylation sites (N-methyl/N-ethyl adjacent to an activating group) is 1. The molecule has 1 heterocycles. The summed E-state index contributed by atoms with van der Waals surface area (Å²) in [5.74, 6) is 1.69. The highest BCUT2D eigenvalue weighted by atomic mass is 127. The number of fused-ring (bicyclic) bond motifs is 1. The smallest absolute Gasteiger partial charge is 0.387 e. The molecule has 1 aromatic rings. The number of halogens is 3. The van der Waals surface area contributed by atoms with Gasteiger partial charge in [0.15, 0.2) is 17.5 Å². The summed E-state index contributed by atoms with van der Waals surface area (Å²) in [6, 6.07) is 2.98. The van der Waals surface area contributed by atoms with Crippen LogP contribution in [0.4, 0.5) is 8.78 Å².